The van der Waals surface area contributed by atoms with Gasteiger partial charge in [0.15, 0.2) is 0 Å². The van der Waals surface area contributed by atoms with E-state index < -0.39 is 5.60 Å². The summed E-state index contributed by atoms with van der Waals surface area (Å²) in [4.78, 5) is 0. The Labute approximate surface area is 109 Å². The zero-order chi connectivity index (χ0) is 13.9. The first-order valence-corrected chi connectivity index (χ1v) is 6.04. The van der Waals surface area contributed by atoms with Gasteiger partial charge >= 0.3 is 0 Å². The third-order valence-electron chi connectivity index (χ3n) is 3.61. The van der Waals surface area contributed by atoms with Crippen molar-refractivity contribution in [3.05, 3.63) is 28.8 Å². The lowest BCUT2D eigenvalue weighted by Gasteiger charge is -2.34. The summed E-state index contributed by atoms with van der Waals surface area (Å²) in [6.45, 7) is 8.09. The molecule has 0 aliphatic heterocycles. The highest BCUT2D eigenvalue weighted by Crippen LogP contribution is 2.36. The van der Waals surface area contributed by atoms with Crippen LogP contribution in [0.15, 0.2) is 12.1 Å². The topological polar surface area (TPSA) is 56.5 Å². The lowest BCUT2D eigenvalue weighted by Crippen LogP contribution is -2.44. The Morgan fingerprint density at radius 1 is 1.22 bits per heavy atom. The van der Waals surface area contributed by atoms with Gasteiger partial charge in [0, 0.05) is 12.7 Å². The van der Waals surface area contributed by atoms with Gasteiger partial charge in [0.05, 0.1) is 18.8 Å². The molecule has 1 rings (SSSR count). The summed E-state index contributed by atoms with van der Waals surface area (Å²) in [5, 5.41) is 0. The highest BCUT2D eigenvalue weighted by molar-refractivity contribution is 5.47. The fourth-order valence-electron chi connectivity index (χ4n) is 2.09. The van der Waals surface area contributed by atoms with E-state index in [1.807, 2.05) is 26.8 Å². The Bertz CT molecular complexity index is 417. The van der Waals surface area contributed by atoms with Crippen molar-refractivity contribution < 1.29 is 9.47 Å². The number of aryl methyl sites for hydroxylation is 1. The fourth-order valence-corrected chi connectivity index (χ4v) is 2.09. The Morgan fingerprint density at radius 3 is 2.28 bits per heavy atom. The van der Waals surface area contributed by atoms with Gasteiger partial charge in [-0.3, -0.25) is 5.84 Å². The van der Waals surface area contributed by atoms with Gasteiger partial charge in [-0.1, -0.05) is 12.1 Å². The first-order chi connectivity index (χ1) is 8.38. The molecule has 0 heterocycles. The molecule has 0 aromatic heterocycles. The van der Waals surface area contributed by atoms with Crippen LogP contribution in [0.1, 0.15) is 36.6 Å². The number of methoxy groups -OCH3 is 2. The highest BCUT2D eigenvalue weighted by atomic mass is 16.5. The van der Waals surface area contributed by atoms with Crippen molar-refractivity contribution in [3.63, 3.8) is 0 Å². The summed E-state index contributed by atoms with van der Waals surface area (Å²) in [6.07, 6.45) is 0. The summed E-state index contributed by atoms with van der Waals surface area (Å²) in [5.41, 5.74) is 5.73. The molecule has 4 nitrogen and oxygen atoms in total. The fraction of sp³-hybridized carbons (Fsp3) is 0.571. The van der Waals surface area contributed by atoms with Gasteiger partial charge in [0.2, 0.25) is 0 Å². The molecule has 0 radical (unpaired) electrons. The minimum absolute atomic E-state index is 0.142. The summed E-state index contributed by atoms with van der Waals surface area (Å²) in [6, 6.07) is 3.96. The number of benzene rings is 1. The maximum absolute atomic E-state index is 5.69. The predicted molar refractivity (Wildman–Crippen MR) is 73.6 cm³/mol. The molecule has 0 aliphatic rings. The molecular weight excluding hydrogens is 228 g/mol. The summed E-state index contributed by atoms with van der Waals surface area (Å²) >= 11 is 0. The van der Waals surface area contributed by atoms with Crippen LogP contribution in [0, 0.1) is 13.8 Å². The molecule has 1 aromatic carbocycles. The minimum Gasteiger partial charge on any atom is -0.496 e. The zero-order valence-electron chi connectivity index (χ0n) is 12.1. The minimum atomic E-state index is -0.427. The maximum Gasteiger partial charge on any atom is 0.126 e. The second-order valence-electron chi connectivity index (χ2n) is 5.04. The summed E-state index contributed by atoms with van der Waals surface area (Å²) in [5.74, 6) is 6.56. The molecule has 0 amide bonds. The Kier molecular flexibility index (Phi) is 4.73. The van der Waals surface area contributed by atoms with Crippen molar-refractivity contribution in [3.8, 4) is 5.75 Å². The highest BCUT2D eigenvalue weighted by Gasteiger charge is 2.32. The number of nitrogens with one attached hydrogen (secondary N) is 1. The average Bonchev–Trinajstić information content (AvgIpc) is 2.34. The first kappa shape index (κ1) is 15.0. The van der Waals surface area contributed by atoms with Crippen molar-refractivity contribution in [1.82, 2.24) is 5.43 Å². The Morgan fingerprint density at radius 2 is 1.83 bits per heavy atom. The molecule has 102 valence electrons. The first-order valence-electron chi connectivity index (χ1n) is 6.04. The van der Waals surface area contributed by atoms with E-state index in [1.54, 1.807) is 14.2 Å². The van der Waals surface area contributed by atoms with Crippen LogP contribution < -0.4 is 16.0 Å². The van der Waals surface area contributed by atoms with Crippen LogP contribution in [0.25, 0.3) is 0 Å². The van der Waals surface area contributed by atoms with Crippen molar-refractivity contribution in [2.45, 2.75) is 39.3 Å². The predicted octanol–water partition coefficient (Wildman–Crippen LogP) is 2.24. The smallest absolute Gasteiger partial charge is 0.126 e. The molecule has 3 N–H and O–H groups in total. The van der Waals surface area contributed by atoms with Crippen molar-refractivity contribution in [2.75, 3.05) is 14.2 Å². The molecule has 18 heavy (non-hydrogen) atoms. The zero-order valence-corrected chi connectivity index (χ0v) is 12.1. The molecule has 0 bridgehead atoms. The van der Waals surface area contributed by atoms with E-state index in [0.717, 1.165) is 16.9 Å². The third kappa shape index (κ3) is 2.66. The van der Waals surface area contributed by atoms with Gasteiger partial charge in [-0.2, -0.15) is 0 Å². The van der Waals surface area contributed by atoms with Gasteiger partial charge in [0.25, 0.3) is 0 Å². The third-order valence-corrected chi connectivity index (χ3v) is 3.61. The van der Waals surface area contributed by atoms with Gasteiger partial charge in [-0.25, -0.2) is 5.43 Å². The van der Waals surface area contributed by atoms with Gasteiger partial charge < -0.3 is 9.47 Å². The van der Waals surface area contributed by atoms with E-state index in [9.17, 15) is 0 Å². The summed E-state index contributed by atoms with van der Waals surface area (Å²) in [7, 11) is 3.36. The second-order valence-corrected chi connectivity index (χ2v) is 5.04. The number of hydrazine groups is 1. The largest absolute Gasteiger partial charge is 0.496 e. The lowest BCUT2D eigenvalue weighted by molar-refractivity contribution is -0.0117. The normalized spacial score (nSPS) is 13.5. The van der Waals surface area contributed by atoms with E-state index in [2.05, 4.69) is 18.4 Å². The molecule has 0 spiro atoms. The molecule has 1 atom stereocenters. The van der Waals surface area contributed by atoms with E-state index in [0.29, 0.717) is 0 Å². The van der Waals surface area contributed by atoms with Crippen molar-refractivity contribution >= 4 is 0 Å². The molecule has 0 saturated carbocycles. The Balaban J connectivity index is 3.35. The number of nitrogens with two attached hydrogens (primary N) is 1. The maximum atomic E-state index is 5.69. The van der Waals surface area contributed by atoms with Crippen molar-refractivity contribution in [2.24, 2.45) is 5.84 Å². The van der Waals surface area contributed by atoms with Gasteiger partial charge in [-0.15, -0.1) is 0 Å². The van der Waals surface area contributed by atoms with Crippen molar-refractivity contribution in [1.29, 1.82) is 0 Å². The molecular formula is C14H24N2O2. The molecule has 0 saturated heterocycles. The number of rotatable bonds is 5. The number of hydrogen-bond acceptors (Lipinski definition) is 4. The van der Waals surface area contributed by atoms with Gasteiger partial charge in [0.1, 0.15) is 5.75 Å². The van der Waals surface area contributed by atoms with Crippen LogP contribution in [-0.2, 0) is 4.74 Å². The molecule has 0 fully saturated rings. The van der Waals surface area contributed by atoms with Crippen LogP contribution >= 0.6 is 0 Å². The van der Waals surface area contributed by atoms with Gasteiger partial charge in [-0.05, 0) is 38.8 Å². The monoisotopic (exact) mass is 252 g/mol. The van der Waals surface area contributed by atoms with Crippen LogP contribution in [0.5, 0.6) is 5.75 Å². The average molecular weight is 252 g/mol. The molecule has 0 aliphatic carbocycles. The van der Waals surface area contributed by atoms with Crippen LogP contribution in [0.4, 0.5) is 0 Å². The van der Waals surface area contributed by atoms with E-state index in [4.69, 9.17) is 15.3 Å². The van der Waals surface area contributed by atoms with Crippen LogP contribution in [0.3, 0.4) is 0 Å². The Hall–Kier alpha value is -1.10. The number of hydrogen-bond donors (Lipinski definition) is 2. The molecule has 1 unspecified atom stereocenters. The number of ether oxygens (including phenoxy) is 2. The van der Waals surface area contributed by atoms with Crippen LogP contribution in [-0.4, -0.2) is 19.8 Å². The quantitative estimate of drug-likeness (QED) is 0.623. The SMILES string of the molecule is COc1c(C(NN)C(C)(C)OC)ccc(C)c1C. The summed E-state index contributed by atoms with van der Waals surface area (Å²) < 4.78 is 11.0. The standard InChI is InChI=1S/C14H24N2O2/c1-9-7-8-11(12(17-5)10(9)2)13(16-15)14(3,4)18-6/h7-8,13,16H,15H2,1-6H3. The second kappa shape index (κ2) is 5.69. The lowest BCUT2D eigenvalue weighted by atomic mass is 9.89. The van der Waals surface area contributed by atoms with Crippen LogP contribution in [0.2, 0.25) is 0 Å². The molecule has 1 aromatic rings. The van der Waals surface area contributed by atoms with E-state index in [-0.39, 0.29) is 6.04 Å². The van der Waals surface area contributed by atoms with E-state index >= 15 is 0 Å². The molecule has 4 heteroatoms. The van der Waals surface area contributed by atoms with E-state index in [1.165, 1.54) is 5.56 Å².